The first kappa shape index (κ1) is 17.6. The van der Waals surface area contributed by atoms with Crippen LogP contribution in [-0.4, -0.2) is 54.5 Å². The Bertz CT molecular complexity index is 522. The van der Waals surface area contributed by atoms with Gasteiger partial charge in [-0.15, -0.1) is 0 Å². The monoisotopic (exact) mass is 335 g/mol. The molecule has 0 spiro atoms. The molecule has 6 nitrogen and oxygen atoms in total. The van der Waals surface area contributed by atoms with Crippen molar-refractivity contribution in [2.75, 3.05) is 26.4 Å². The fraction of sp³-hybridized carbons (Fsp3) is 0.562. The normalized spacial score (nSPS) is 21.0. The molecule has 1 fully saturated rings. The van der Waals surface area contributed by atoms with E-state index in [1.165, 1.54) is 19.3 Å². The maximum absolute atomic E-state index is 11.9. The third-order valence-electron chi connectivity index (χ3n) is 3.91. The molecule has 126 valence electrons. The number of nitrogens with one attached hydrogen (secondary N) is 3. The summed E-state index contributed by atoms with van der Waals surface area (Å²) in [5.41, 5.74) is 0.573. The van der Waals surface area contributed by atoms with Gasteiger partial charge < -0.3 is 16.0 Å². The third-order valence-corrected chi connectivity index (χ3v) is 5.00. The Hall–Kier alpha value is -1.76. The molecule has 23 heavy (non-hydrogen) atoms. The number of hydrogen-bond donors (Lipinski definition) is 3. The van der Waals surface area contributed by atoms with Gasteiger partial charge in [-0.05, 0) is 37.7 Å². The molecule has 1 aromatic rings. The quantitative estimate of drug-likeness (QED) is 0.414. The van der Waals surface area contributed by atoms with Crippen LogP contribution in [0.2, 0.25) is 0 Å². The van der Waals surface area contributed by atoms with E-state index in [2.05, 4.69) is 32.2 Å². The Morgan fingerprint density at radius 3 is 2.87 bits per heavy atom. The number of hydrogen-bond acceptors (Lipinski definition) is 4. The molecule has 1 aromatic heterocycles. The first-order valence-corrected chi connectivity index (χ1v) is 9.20. The van der Waals surface area contributed by atoms with Gasteiger partial charge in [0.05, 0.1) is 5.56 Å². The fourth-order valence-corrected chi connectivity index (χ4v) is 3.43. The van der Waals surface area contributed by atoms with Crippen LogP contribution < -0.4 is 16.0 Å². The summed E-state index contributed by atoms with van der Waals surface area (Å²) in [5.74, 6) is 0.689. The standard InChI is InChI=1S/C16H25N5OS/c1-17-16(21-13-5-6-14(10-13)23-2)20-9-8-19-15(22)12-4-3-7-18-11-12/h3-4,7,11,13-14H,5-6,8-10H2,1-2H3,(H,19,22)(H2,17,20,21). The predicted octanol–water partition coefficient (Wildman–Crippen LogP) is 1.26. The molecule has 3 N–H and O–H groups in total. The molecule has 0 aromatic carbocycles. The van der Waals surface area contributed by atoms with Crippen LogP contribution in [0.4, 0.5) is 0 Å². The number of amides is 1. The van der Waals surface area contributed by atoms with Crippen LogP contribution in [0.15, 0.2) is 29.5 Å². The zero-order valence-corrected chi connectivity index (χ0v) is 14.5. The van der Waals surface area contributed by atoms with Crippen molar-refractivity contribution in [2.24, 2.45) is 4.99 Å². The van der Waals surface area contributed by atoms with Crippen molar-refractivity contribution in [2.45, 2.75) is 30.6 Å². The maximum atomic E-state index is 11.9. The van der Waals surface area contributed by atoms with Gasteiger partial charge in [-0.2, -0.15) is 11.8 Å². The lowest BCUT2D eigenvalue weighted by Gasteiger charge is -2.17. The summed E-state index contributed by atoms with van der Waals surface area (Å²) in [6.45, 7) is 1.16. The number of guanidine groups is 1. The molecule has 0 radical (unpaired) electrons. The molecule has 0 bridgehead atoms. The van der Waals surface area contributed by atoms with Crippen LogP contribution >= 0.6 is 11.8 Å². The van der Waals surface area contributed by atoms with E-state index in [4.69, 9.17) is 0 Å². The SMILES string of the molecule is CN=C(NCCNC(=O)c1cccnc1)NC1CCC(SC)C1. The molecule has 7 heteroatoms. The smallest absolute Gasteiger partial charge is 0.252 e. The minimum atomic E-state index is -0.110. The molecular weight excluding hydrogens is 310 g/mol. The van der Waals surface area contributed by atoms with Crippen LogP contribution in [0.25, 0.3) is 0 Å². The highest BCUT2D eigenvalue weighted by atomic mass is 32.2. The average molecular weight is 335 g/mol. The van der Waals surface area contributed by atoms with Crippen molar-refractivity contribution < 1.29 is 4.79 Å². The number of aliphatic imine (C=N–C) groups is 1. The minimum absolute atomic E-state index is 0.110. The van der Waals surface area contributed by atoms with Gasteiger partial charge in [-0.3, -0.25) is 14.8 Å². The molecule has 2 rings (SSSR count). The number of carbonyl (C=O) groups excluding carboxylic acids is 1. The van der Waals surface area contributed by atoms with E-state index in [9.17, 15) is 4.79 Å². The Labute approximate surface area is 141 Å². The summed E-state index contributed by atoms with van der Waals surface area (Å²) in [7, 11) is 1.77. The van der Waals surface area contributed by atoms with E-state index in [-0.39, 0.29) is 5.91 Å². The highest BCUT2D eigenvalue weighted by Crippen LogP contribution is 2.27. The van der Waals surface area contributed by atoms with Crippen LogP contribution in [-0.2, 0) is 0 Å². The summed E-state index contributed by atoms with van der Waals surface area (Å²) in [6, 6.07) is 3.99. The molecule has 1 aliphatic rings. The second-order valence-electron chi connectivity index (χ2n) is 5.51. The highest BCUT2D eigenvalue weighted by Gasteiger charge is 2.24. The lowest BCUT2D eigenvalue weighted by Crippen LogP contribution is -2.45. The molecule has 0 aliphatic heterocycles. The Morgan fingerprint density at radius 2 is 2.22 bits per heavy atom. The van der Waals surface area contributed by atoms with Gasteiger partial charge in [0.1, 0.15) is 0 Å². The number of carbonyl (C=O) groups is 1. The second kappa shape index (κ2) is 9.39. The van der Waals surface area contributed by atoms with Crippen LogP contribution in [0, 0.1) is 0 Å². The van der Waals surface area contributed by atoms with Crippen LogP contribution in [0.1, 0.15) is 29.6 Å². The molecule has 1 saturated carbocycles. The molecule has 1 amide bonds. The van der Waals surface area contributed by atoms with Crippen LogP contribution in [0.3, 0.4) is 0 Å². The number of thioether (sulfide) groups is 1. The zero-order chi connectivity index (χ0) is 16.5. The summed E-state index contributed by atoms with van der Waals surface area (Å²) in [5, 5.41) is 10.3. The molecule has 1 aliphatic carbocycles. The van der Waals surface area contributed by atoms with Crippen molar-refractivity contribution in [3.63, 3.8) is 0 Å². The summed E-state index contributed by atoms with van der Waals surface area (Å²) < 4.78 is 0. The van der Waals surface area contributed by atoms with Crippen molar-refractivity contribution in [1.82, 2.24) is 20.9 Å². The molecule has 0 saturated heterocycles. The maximum Gasteiger partial charge on any atom is 0.252 e. The van der Waals surface area contributed by atoms with E-state index < -0.39 is 0 Å². The van der Waals surface area contributed by atoms with E-state index in [1.54, 1.807) is 31.6 Å². The number of nitrogens with zero attached hydrogens (tertiary/aromatic N) is 2. The summed E-state index contributed by atoms with van der Waals surface area (Å²) in [6.07, 6.45) is 9.01. The van der Waals surface area contributed by atoms with E-state index in [0.29, 0.717) is 24.7 Å². The van der Waals surface area contributed by atoms with Crippen molar-refractivity contribution >= 4 is 23.6 Å². The summed E-state index contributed by atoms with van der Waals surface area (Å²) >= 11 is 1.94. The number of rotatable bonds is 6. The van der Waals surface area contributed by atoms with Gasteiger partial charge >= 0.3 is 0 Å². The molecule has 1 heterocycles. The van der Waals surface area contributed by atoms with Crippen LogP contribution in [0.5, 0.6) is 0 Å². The zero-order valence-electron chi connectivity index (χ0n) is 13.7. The lowest BCUT2D eigenvalue weighted by molar-refractivity contribution is 0.0954. The average Bonchev–Trinajstić information content (AvgIpc) is 3.05. The van der Waals surface area contributed by atoms with Gasteiger partial charge in [0, 0.05) is 43.8 Å². The summed E-state index contributed by atoms with van der Waals surface area (Å²) in [4.78, 5) is 20.1. The number of aromatic nitrogens is 1. The first-order valence-electron chi connectivity index (χ1n) is 7.91. The topological polar surface area (TPSA) is 78.4 Å². The van der Waals surface area contributed by atoms with Crippen molar-refractivity contribution in [1.29, 1.82) is 0 Å². The lowest BCUT2D eigenvalue weighted by atomic mass is 10.2. The third kappa shape index (κ3) is 5.74. The largest absolute Gasteiger partial charge is 0.355 e. The highest BCUT2D eigenvalue weighted by molar-refractivity contribution is 7.99. The Balaban J connectivity index is 1.65. The van der Waals surface area contributed by atoms with Gasteiger partial charge in [0.25, 0.3) is 5.91 Å². The van der Waals surface area contributed by atoms with Gasteiger partial charge in [0.15, 0.2) is 5.96 Å². The Kier molecular flexibility index (Phi) is 7.19. The first-order chi connectivity index (χ1) is 11.2. The van der Waals surface area contributed by atoms with Gasteiger partial charge in [-0.25, -0.2) is 0 Å². The van der Waals surface area contributed by atoms with E-state index in [0.717, 1.165) is 11.2 Å². The molecular formula is C16H25N5OS. The van der Waals surface area contributed by atoms with Gasteiger partial charge in [-0.1, -0.05) is 0 Å². The van der Waals surface area contributed by atoms with Gasteiger partial charge in [0.2, 0.25) is 0 Å². The van der Waals surface area contributed by atoms with Crippen molar-refractivity contribution in [3.8, 4) is 0 Å². The molecule has 2 atom stereocenters. The van der Waals surface area contributed by atoms with Crippen molar-refractivity contribution in [3.05, 3.63) is 30.1 Å². The minimum Gasteiger partial charge on any atom is -0.355 e. The fourth-order valence-electron chi connectivity index (χ4n) is 2.63. The van der Waals surface area contributed by atoms with E-state index in [1.807, 2.05) is 11.8 Å². The Morgan fingerprint density at radius 1 is 1.39 bits per heavy atom. The molecule has 2 unspecified atom stereocenters. The predicted molar refractivity (Wildman–Crippen MR) is 96.0 cm³/mol. The number of pyridine rings is 1. The second-order valence-corrected chi connectivity index (χ2v) is 6.65. The van der Waals surface area contributed by atoms with E-state index >= 15 is 0 Å².